The molecule has 0 saturated heterocycles. The van der Waals surface area contributed by atoms with Gasteiger partial charge in [0.05, 0.1) is 12.6 Å². The van der Waals surface area contributed by atoms with Crippen molar-refractivity contribution >= 4 is 28.6 Å². The Morgan fingerprint density at radius 3 is 2.90 bits per heavy atom. The van der Waals surface area contributed by atoms with E-state index in [2.05, 4.69) is 4.98 Å². The third kappa shape index (κ3) is 1.33. The molecule has 1 aromatic rings. The maximum absolute atomic E-state index is 4.88. The highest BCUT2D eigenvalue weighted by Crippen LogP contribution is 2.12. The standard InChI is InChI=1S/C6H7NOS2/c1-4-5(6(9)8-2)7-3-10-4/h3H,1-2H3. The van der Waals surface area contributed by atoms with Crippen molar-refractivity contribution in [3.05, 3.63) is 16.1 Å². The van der Waals surface area contributed by atoms with Crippen LogP contribution >= 0.6 is 23.6 Å². The van der Waals surface area contributed by atoms with Crippen molar-refractivity contribution in [2.24, 2.45) is 0 Å². The summed E-state index contributed by atoms with van der Waals surface area (Å²) in [6.45, 7) is 1.97. The van der Waals surface area contributed by atoms with E-state index in [0.717, 1.165) is 10.6 Å². The number of hydrogen-bond donors (Lipinski definition) is 0. The fraction of sp³-hybridized carbons (Fsp3) is 0.333. The molecular weight excluding hydrogens is 166 g/mol. The second-order valence-corrected chi connectivity index (χ2v) is 3.18. The summed E-state index contributed by atoms with van der Waals surface area (Å²) in [5.41, 5.74) is 2.55. The lowest BCUT2D eigenvalue weighted by Gasteiger charge is -1.96. The van der Waals surface area contributed by atoms with Gasteiger partial charge in [0.25, 0.3) is 0 Å². The van der Waals surface area contributed by atoms with Gasteiger partial charge in [-0.1, -0.05) is 0 Å². The second kappa shape index (κ2) is 3.07. The SMILES string of the molecule is COC(=S)c1ncsc1C. The van der Waals surface area contributed by atoms with Crippen molar-refractivity contribution in [2.75, 3.05) is 7.11 Å². The molecule has 0 N–H and O–H groups in total. The summed E-state index contributed by atoms with van der Waals surface area (Å²) in [6.07, 6.45) is 0. The molecule has 54 valence electrons. The summed E-state index contributed by atoms with van der Waals surface area (Å²) < 4.78 is 4.85. The van der Waals surface area contributed by atoms with Gasteiger partial charge < -0.3 is 4.74 Å². The number of rotatable bonds is 1. The van der Waals surface area contributed by atoms with E-state index in [0.29, 0.717) is 5.05 Å². The van der Waals surface area contributed by atoms with Gasteiger partial charge in [0.15, 0.2) is 0 Å². The molecule has 0 amide bonds. The Kier molecular flexibility index (Phi) is 2.34. The van der Waals surface area contributed by atoms with Crippen molar-refractivity contribution in [3.8, 4) is 0 Å². The molecule has 2 nitrogen and oxygen atoms in total. The van der Waals surface area contributed by atoms with Gasteiger partial charge in [-0.15, -0.1) is 11.3 Å². The van der Waals surface area contributed by atoms with Gasteiger partial charge in [-0.2, -0.15) is 0 Å². The van der Waals surface area contributed by atoms with Crippen LogP contribution in [0.5, 0.6) is 0 Å². The minimum atomic E-state index is 0.471. The first kappa shape index (κ1) is 7.63. The first-order valence-electron chi connectivity index (χ1n) is 2.74. The van der Waals surface area contributed by atoms with Crippen LogP contribution in [0.25, 0.3) is 0 Å². The Hall–Kier alpha value is -0.480. The van der Waals surface area contributed by atoms with Gasteiger partial charge in [-0.3, -0.25) is 0 Å². The Balaban J connectivity index is 2.93. The molecule has 0 unspecified atom stereocenters. The fourth-order valence-corrected chi connectivity index (χ4v) is 1.44. The van der Waals surface area contributed by atoms with E-state index in [1.807, 2.05) is 6.92 Å². The lowest BCUT2D eigenvalue weighted by molar-refractivity contribution is 0.414. The fourth-order valence-electron chi connectivity index (χ4n) is 0.598. The highest BCUT2D eigenvalue weighted by atomic mass is 32.1. The summed E-state index contributed by atoms with van der Waals surface area (Å²) >= 11 is 6.45. The Bertz CT molecular complexity index is 244. The van der Waals surface area contributed by atoms with Crippen LogP contribution in [0.4, 0.5) is 0 Å². The van der Waals surface area contributed by atoms with Crippen molar-refractivity contribution in [1.29, 1.82) is 0 Å². The van der Waals surface area contributed by atoms with E-state index in [1.165, 1.54) is 0 Å². The molecule has 1 heterocycles. The van der Waals surface area contributed by atoms with Crippen molar-refractivity contribution in [2.45, 2.75) is 6.92 Å². The molecule has 0 aromatic carbocycles. The number of nitrogens with zero attached hydrogens (tertiary/aromatic N) is 1. The largest absolute Gasteiger partial charge is 0.485 e. The summed E-state index contributed by atoms with van der Waals surface area (Å²) in [4.78, 5) is 5.14. The Labute approximate surface area is 68.9 Å². The predicted molar refractivity (Wildman–Crippen MR) is 45.6 cm³/mol. The molecule has 10 heavy (non-hydrogen) atoms. The lowest BCUT2D eigenvalue weighted by Crippen LogP contribution is -2.00. The third-order valence-electron chi connectivity index (χ3n) is 1.12. The van der Waals surface area contributed by atoms with Crippen LogP contribution in [0.3, 0.4) is 0 Å². The Morgan fingerprint density at radius 1 is 1.80 bits per heavy atom. The highest BCUT2D eigenvalue weighted by Gasteiger charge is 2.06. The van der Waals surface area contributed by atoms with Crippen molar-refractivity contribution in [1.82, 2.24) is 4.98 Å². The quantitative estimate of drug-likeness (QED) is 0.604. The number of ether oxygens (including phenoxy) is 1. The molecule has 0 atom stereocenters. The Morgan fingerprint density at radius 2 is 2.50 bits per heavy atom. The van der Waals surface area contributed by atoms with E-state index in [1.54, 1.807) is 24.0 Å². The molecule has 0 spiro atoms. The average Bonchev–Trinajstić information content (AvgIpc) is 2.34. The molecule has 0 aliphatic rings. The molecule has 0 aliphatic heterocycles. The van der Waals surface area contributed by atoms with Gasteiger partial charge in [0.1, 0.15) is 5.69 Å². The topological polar surface area (TPSA) is 22.1 Å². The van der Waals surface area contributed by atoms with Gasteiger partial charge >= 0.3 is 0 Å². The maximum Gasteiger partial charge on any atom is 0.211 e. The highest BCUT2D eigenvalue weighted by molar-refractivity contribution is 7.80. The first-order valence-corrected chi connectivity index (χ1v) is 4.03. The van der Waals surface area contributed by atoms with Gasteiger partial charge in [-0.25, -0.2) is 4.98 Å². The number of thiocarbonyl (C=S) groups is 1. The molecular formula is C6H7NOS2. The summed E-state index contributed by atoms with van der Waals surface area (Å²) in [5.74, 6) is 0. The summed E-state index contributed by atoms with van der Waals surface area (Å²) in [5, 5.41) is 0.471. The minimum Gasteiger partial charge on any atom is -0.485 e. The summed E-state index contributed by atoms with van der Waals surface area (Å²) in [7, 11) is 1.56. The molecule has 1 aromatic heterocycles. The molecule has 0 fully saturated rings. The number of aryl methyl sites for hydroxylation is 1. The molecule has 1 rings (SSSR count). The third-order valence-corrected chi connectivity index (χ3v) is 2.24. The zero-order chi connectivity index (χ0) is 7.56. The summed E-state index contributed by atoms with van der Waals surface area (Å²) in [6, 6.07) is 0. The molecule has 0 saturated carbocycles. The van der Waals surface area contributed by atoms with Crippen LogP contribution in [-0.2, 0) is 4.74 Å². The van der Waals surface area contributed by atoms with Gasteiger partial charge in [0.2, 0.25) is 5.05 Å². The van der Waals surface area contributed by atoms with Gasteiger partial charge in [0, 0.05) is 4.88 Å². The van der Waals surface area contributed by atoms with Crippen molar-refractivity contribution in [3.63, 3.8) is 0 Å². The van der Waals surface area contributed by atoms with E-state index in [-0.39, 0.29) is 0 Å². The van der Waals surface area contributed by atoms with Crippen LogP contribution in [0.1, 0.15) is 10.6 Å². The van der Waals surface area contributed by atoms with E-state index < -0.39 is 0 Å². The number of aromatic nitrogens is 1. The zero-order valence-electron chi connectivity index (χ0n) is 5.75. The van der Waals surface area contributed by atoms with Gasteiger partial charge in [-0.05, 0) is 19.1 Å². The van der Waals surface area contributed by atoms with Crippen LogP contribution in [-0.4, -0.2) is 17.1 Å². The number of hydrogen-bond acceptors (Lipinski definition) is 4. The molecule has 0 radical (unpaired) electrons. The maximum atomic E-state index is 4.88. The van der Waals surface area contributed by atoms with E-state index in [4.69, 9.17) is 17.0 Å². The zero-order valence-corrected chi connectivity index (χ0v) is 7.38. The van der Waals surface area contributed by atoms with Crippen LogP contribution in [0.2, 0.25) is 0 Å². The van der Waals surface area contributed by atoms with E-state index in [9.17, 15) is 0 Å². The smallest absolute Gasteiger partial charge is 0.211 e. The lowest BCUT2D eigenvalue weighted by atomic mass is 10.4. The minimum absolute atomic E-state index is 0.471. The average molecular weight is 173 g/mol. The molecule has 4 heteroatoms. The normalized spacial score (nSPS) is 9.40. The second-order valence-electron chi connectivity index (χ2n) is 1.75. The predicted octanol–water partition coefficient (Wildman–Crippen LogP) is 1.77. The molecule has 0 bridgehead atoms. The van der Waals surface area contributed by atoms with E-state index >= 15 is 0 Å². The van der Waals surface area contributed by atoms with Crippen LogP contribution < -0.4 is 0 Å². The number of methoxy groups -OCH3 is 1. The number of thiazole rings is 1. The van der Waals surface area contributed by atoms with Crippen LogP contribution in [0, 0.1) is 6.92 Å². The van der Waals surface area contributed by atoms with Crippen molar-refractivity contribution < 1.29 is 4.74 Å². The molecule has 0 aliphatic carbocycles. The first-order chi connectivity index (χ1) is 4.75. The monoisotopic (exact) mass is 173 g/mol. The van der Waals surface area contributed by atoms with Crippen LogP contribution in [0.15, 0.2) is 5.51 Å².